The second-order valence-electron chi connectivity index (χ2n) is 5.78. The molecule has 1 aliphatic heterocycles. The average molecular weight is 293 g/mol. The molecule has 1 aliphatic rings. The fraction of sp³-hybridized carbons (Fsp3) is 0.647. The van der Waals surface area contributed by atoms with Gasteiger partial charge in [-0.05, 0) is 30.2 Å². The first kappa shape index (κ1) is 16.1. The molecule has 2 unspecified atom stereocenters. The molecule has 0 amide bonds. The van der Waals surface area contributed by atoms with E-state index in [9.17, 15) is 5.11 Å². The highest BCUT2D eigenvalue weighted by atomic mass is 16.6. The van der Waals surface area contributed by atoms with Crippen LogP contribution in [0.25, 0.3) is 0 Å². The summed E-state index contributed by atoms with van der Waals surface area (Å²) in [6.07, 6.45) is 0.668. The first-order chi connectivity index (χ1) is 10.1. The number of aliphatic hydroxyl groups excluding tert-OH is 1. The van der Waals surface area contributed by atoms with Crippen molar-refractivity contribution >= 4 is 0 Å². The SMILES string of the molecule is CCC(C)CN(CC)CC(O)c1ccc2c(c1)OCCO2. The Morgan fingerprint density at radius 2 is 1.86 bits per heavy atom. The number of rotatable bonds is 7. The van der Waals surface area contributed by atoms with Gasteiger partial charge in [0.2, 0.25) is 0 Å². The molecule has 0 saturated carbocycles. The lowest BCUT2D eigenvalue weighted by Gasteiger charge is -2.27. The summed E-state index contributed by atoms with van der Waals surface area (Å²) in [6, 6.07) is 5.71. The first-order valence-corrected chi connectivity index (χ1v) is 7.94. The number of aliphatic hydroxyl groups is 1. The fourth-order valence-electron chi connectivity index (χ4n) is 2.52. The summed E-state index contributed by atoms with van der Waals surface area (Å²) in [6.45, 7) is 10.4. The van der Waals surface area contributed by atoms with Crippen LogP contribution in [0.5, 0.6) is 11.5 Å². The Balaban J connectivity index is 2.00. The maximum atomic E-state index is 10.5. The Hall–Kier alpha value is -1.26. The zero-order valence-electron chi connectivity index (χ0n) is 13.3. The quantitative estimate of drug-likeness (QED) is 0.839. The van der Waals surface area contributed by atoms with Crippen molar-refractivity contribution in [1.82, 2.24) is 4.90 Å². The molecule has 2 atom stereocenters. The molecule has 0 spiro atoms. The summed E-state index contributed by atoms with van der Waals surface area (Å²) in [5, 5.41) is 10.5. The van der Waals surface area contributed by atoms with Crippen LogP contribution in [0.2, 0.25) is 0 Å². The molecule has 21 heavy (non-hydrogen) atoms. The molecule has 0 aromatic heterocycles. The van der Waals surface area contributed by atoms with E-state index in [0.29, 0.717) is 25.7 Å². The molecule has 4 heteroatoms. The van der Waals surface area contributed by atoms with Crippen LogP contribution in [0.4, 0.5) is 0 Å². The van der Waals surface area contributed by atoms with Crippen molar-refractivity contribution in [2.45, 2.75) is 33.3 Å². The van der Waals surface area contributed by atoms with Gasteiger partial charge in [-0.25, -0.2) is 0 Å². The Bertz CT molecular complexity index is 450. The Labute approximate surface area is 127 Å². The van der Waals surface area contributed by atoms with Gasteiger partial charge >= 0.3 is 0 Å². The minimum atomic E-state index is -0.496. The molecule has 118 valence electrons. The number of likely N-dealkylation sites (N-methyl/N-ethyl adjacent to an activating group) is 1. The Kier molecular flexibility index (Phi) is 5.88. The molecule has 0 aliphatic carbocycles. The third-order valence-electron chi connectivity index (χ3n) is 4.10. The summed E-state index contributed by atoms with van der Waals surface area (Å²) in [4.78, 5) is 2.30. The predicted molar refractivity (Wildman–Crippen MR) is 84.0 cm³/mol. The minimum absolute atomic E-state index is 0.496. The fourth-order valence-corrected chi connectivity index (χ4v) is 2.52. The molecule has 0 fully saturated rings. The summed E-state index contributed by atoms with van der Waals surface area (Å²) in [7, 11) is 0. The zero-order chi connectivity index (χ0) is 15.2. The number of fused-ring (bicyclic) bond motifs is 1. The molecule has 2 rings (SSSR count). The number of ether oxygens (including phenoxy) is 2. The highest BCUT2D eigenvalue weighted by Crippen LogP contribution is 2.32. The summed E-state index contributed by atoms with van der Waals surface area (Å²) >= 11 is 0. The molecule has 4 nitrogen and oxygen atoms in total. The highest BCUT2D eigenvalue weighted by Gasteiger charge is 2.18. The van der Waals surface area contributed by atoms with Crippen molar-refractivity contribution < 1.29 is 14.6 Å². The molecule has 1 aromatic rings. The maximum Gasteiger partial charge on any atom is 0.161 e. The van der Waals surface area contributed by atoms with E-state index in [2.05, 4.69) is 25.7 Å². The molecule has 0 bridgehead atoms. The highest BCUT2D eigenvalue weighted by molar-refractivity contribution is 5.44. The van der Waals surface area contributed by atoms with Gasteiger partial charge in [0.05, 0.1) is 6.10 Å². The third kappa shape index (κ3) is 4.35. The van der Waals surface area contributed by atoms with Crippen molar-refractivity contribution in [3.63, 3.8) is 0 Å². The van der Waals surface area contributed by atoms with Gasteiger partial charge in [-0.1, -0.05) is 33.3 Å². The van der Waals surface area contributed by atoms with Gasteiger partial charge in [0, 0.05) is 13.1 Å². The molecule has 0 saturated heterocycles. The van der Waals surface area contributed by atoms with Crippen LogP contribution in [0, 0.1) is 5.92 Å². The molecule has 0 radical (unpaired) electrons. The predicted octanol–water partition coefficient (Wildman–Crippen LogP) is 2.86. The van der Waals surface area contributed by atoms with E-state index >= 15 is 0 Å². The minimum Gasteiger partial charge on any atom is -0.486 e. The standard InChI is InChI=1S/C17H27NO3/c1-4-13(3)11-18(5-2)12-15(19)14-6-7-16-17(10-14)21-9-8-20-16/h6-7,10,13,15,19H,4-5,8-9,11-12H2,1-3H3. The maximum absolute atomic E-state index is 10.5. The topological polar surface area (TPSA) is 41.9 Å². The van der Waals surface area contributed by atoms with Crippen molar-refractivity contribution in [2.75, 3.05) is 32.8 Å². The smallest absolute Gasteiger partial charge is 0.161 e. The van der Waals surface area contributed by atoms with E-state index in [0.717, 1.165) is 36.6 Å². The lowest BCUT2D eigenvalue weighted by molar-refractivity contribution is 0.106. The van der Waals surface area contributed by atoms with Gasteiger partial charge < -0.3 is 19.5 Å². The van der Waals surface area contributed by atoms with E-state index in [4.69, 9.17) is 9.47 Å². The van der Waals surface area contributed by atoms with E-state index in [1.807, 2.05) is 18.2 Å². The van der Waals surface area contributed by atoms with Crippen LogP contribution >= 0.6 is 0 Å². The van der Waals surface area contributed by atoms with Crippen LogP contribution in [-0.2, 0) is 0 Å². The van der Waals surface area contributed by atoms with Crippen LogP contribution < -0.4 is 9.47 Å². The molecule has 1 N–H and O–H groups in total. The van der Waals surface area contributed by atoms with E-state index in [-0.39, 0.29) is 0 Å². The normalized spacial score (nSPS) is 16.8. The van der Waals surface area contributed by atoms with Gasteiger partial charge in [-0.2, -0.15) is 0 Å². The van der Waals surface area contributed by atoms with Crippen LogP contribution in [0.3, 0.4) is 0 Å². The van der Waals surface area contributed by atoms with E-state index in [1.165, 1.54) is 0 Å². The van der Waals surface area contributed by atoms with Gasteiger partial charge in [0.15, 0.2) is 11.5 Å². The van der Waals surface area contributed by atoms with Gasteiger partial charge in [0.1, 0.15) is 13.2 Å². The number of hydrogen-bond donors (Lipinski definition) is 1. The largest absolute Gasteiger partial charge is 0.486 e. The van der Waals surface area contributed by atoms with Crippen molar-refractivity contribution in [3.05, 3.63) is 23.8 Å². The van der Waals surface area contributed by atoms with E-state index < -0.39 is 6.10 Å². The van der Waals surface area contributed by atoms with Gasteiger partial charge in [-0.15, -0.1) is 0 Å². The Morgan fingerprint density at radius 3 is 2.52 bits per heavy atom. The monoisotopic (exact) mass is 293 g/mol. The summed E-state index contributed by atoms with van der Waals surface area (Å²) in [5.41, 5.74) is 0.891. The van der Waals surface area contributed by atoms with Crippen molar-refractivity contribution in [3.8, 4) is 11.5 Å². The van der Waals surface area contributed by atoms with E-state index in [1.54, 1.807) is 0 Å². The van der Waals surface area contributed by atoms with Crippen molar-refractivity contribution in [2.24, 2.45) is 5.92 Å². The first-order valence-electron chi connectivity index (χ1n) is 7.94. The molecule has 1 heterocycles. The lowest BCUT2D eigenvalue weighted by atomic mass is 10.1. The summed E-state index contributed by atoms with van der Waals surface area (Å²) in [5.74, 6) is 2.16. The molecule has 1 aromatic carbocycles. The van der Waals surface area contributed by atoms with Crippen LogP contribution in [0.1, 0.15) is 38.9 Å². The number of nitrogens with zero attached hydrogens (tertiary/aromatic N) is 1. The van der Waals surface area contributed by atoms with Crippen molar-refractivity contribution in [1.29, 1.82) is 0 Å². The third-order valence-corrected chi connectivity index (χ3v) is 4.10. The zero-order valence-corrected chi connectivity index (χ0v) is 13.3. The second kappa shape index (κ2) is 7.66. The second-order valence-corrected chi connectivity index (χ2v) is 5.78. The molecular formula is C17H27NO3. The average Bonchev–Trinajstić information content (AvgIpc) is 2.53. The van der Waals surface area contributed by atoms with Gasteiger partial charge in [0.25, 0.3) is 0 Å². The summed E-state index contributed by atoms with van der Waals surface area (Å²) < 4.78 is 11.1. The lowest BCUT2D eigenvalue weighted by Crippen LogP contribution is -2.32. The Morgan fingerprint density at radius 1 is 1.14 bits per heavy atom. The van der Waals surface area contributed by atoms with Crippen LogP contribution in [0.15, 0.2) is 18.2 Å². The number of hydrogen-bond acceptors (Lipinski definition) is 4. The number of benzene rings is 1. The van der Waals surface area contributed by atoms with Gasteiger partial charge in [-0.3, -0.25) is 0 Å². The van der Waals surface area contributed by atoms with Crippen LogP contribution in [-0.4, -0.2) is 42.9 Å². The molecular weight excluding hydrogens is 266 g/mol.